The van der Waals surface area contributed by atoms with Crippen LogP contribution in [0.4, 0.5) is 4.79 Å². The molecule has 0 heterocycles. The van der Waals surface area contributed by atoms with Crippen molar-refractivity contribution >= 4 is 29.3 Å². The molecule has 0 aromatic heterocycles. The summed E-state index contributed by atoms with van der Waals surface area (Å²) in [4.78, 5) is 11.2. The first kappa shape index (κ1) is 16.1. The fraction of sp³-hybridized carbons (Fsp3) is 0.462. The van der Waals surface area contributed by atoms with E-state index in [1.54, 1.807) is 18.2 Å². The van der Waals surface area contributed by atoms with Crippen molar-refractivity contribution < 1.29 is 14.3 Å². The Kier molecular flexibility index (Phi) is 5.47. The number of hydrogen-bond donors (Lipinski definition) is 1. The van der Waals surface area contributed by atoms with Gasteiger partial charge in [0.05, 0.1) is 15.6 Å². The molecule has 1 aromatic rings. The van der Waals surface area contributed by atoms with Crippen LogP contribution in [0.25, 0.3) is 0 Å². The van der Waals surface area contributed by atoms with Crippen LogP contribution in [-0.4, -0.2) is 13.2 Å². The van der Waals surface area contributed by atoms with Gasteiger partial charge >= 0.3 is 6.09 Å². The third-order valence-corrected chi connectivity index (χ3v) is 3.25. The molecule has 1 rings (SSSR count). The van der Waals surface area contributed by atoms with Gasteiger partial charge in [0, 0.05) is 13.5 Å². The standard InChI is InChI=1S/C13H17Cl2NO3/c1-8(2)7-13(18-3,19-12(16)17)11-9(14)5-4-6-10(11)15/h4-6,8H,7H2,1-3H3,(H2,16,17)/t13-/m0/s1. The molecule has 0 aliphatic heterocycles. The molecule has 1 amide bonds. The lowest BCUT2D eigenvalue weighted by atomic mass is 9.95. The second kappa shape index (κ2) is 6.46. The quantitative estimate of drug-likeness (QED) is 0.838. The number of halogens is 2. The predicted molar refractivity (Wildman–Crippen MR) is 75.3 cm³/mol. The van der Waals surface area contributed by atoms with Gasteiger partial charge < -0.3 is 15.2 Å². The van der Waals surface area contributed by atoms with Crippen molar-refractivity contribution in [3.63, 3.8) is 0 Å². The number of hydrogen-bond acceptors (Lipinski definition) is 3. The SMILES string of the molecule is CO[C@@](CC(C)C)(OC(N)=O)c1c(Cl)cccc1Cl. The van der Waals surface area contributed by atoms with E-state index in [0.717, 1.165) is 0 Å². The summed E-state index contributed by atoms with van der Waals surface area (Å²) in [6.45, 7) is 3.92. The predicted octanol–water partition coefficient (Wildman–Crippen LogP) is 3.93. The van der Waals surface area contributed by atoms with Crippen molar-refractivity contribution in [1.29, 1.82) is 0 Å². The minimum Gasteiger partial charge on any atom is -0.412 e. The number of benzene rings is 1. The fourth-order valence-electron chi connectivity index (χ4n) is 1.98. The molecule has 0 aliphatic carbocycles. The number of amides is 1. The third kappa shape index (κ3) is 3.75. The average Bonchev–Trinajstić information content (AvgIpc) is 2.26. The van der Waals surface area contributed by atoms with Gasteiger partial charge in [0.15, 0.2) is 0 Å². The lowest BCUT2D eigenvalue weighted by molar-refractivity contribution is -0.201. The molecule has 1 atom stereocenters. The average molecular weight is 306 g/mol. The molecule has 0 saturated heterocycles. The maximum Gasteiger partial charge on any atom is 0.407 e. The van der Waals surface area contributed by atoms with E-state index in [1.807, 2.05) is 13.8 Å². The first-order chi connectivity index (χ1) is 8.82. The van der Waals surface area contributed by atoms with E-state index in [0.29, 0.717) is 22.0 Å². The minimum absolute atomic E-state index is 0.173. The number of carbonyl (C=O) groups excluding carboxylic acids is 1. The molecule has 0 saturated carbocycles. The molecular formula is C13H17Cl2NO3. The van der Waals surface area contributed by atoms with E-state index >= 15 is 0 Å². The highest BCUT2D eigenvalue weighted by Crippen LogP contribution is 2.41. The van der Waals surface area contributed by atoms with Crippen LogP contribution in [-0.2, 0) is 15.3 Å². The summed E-state index contributed by atoms with van der Waals surface area (Å²) >= 11 is 12.3. The van der Waals surface area contributed by atoms with E-state index < -0.39 is 11.9 Å². The summed E-state index contributed by atoms with van der Waals surface area (Å²) in [7, 11) is 1.42. The first-order valence-electron chi connectivity index (χ1n) is 5.80. The van der Waals surface area contributed by atoms with E-state index in [2.05, 4.69) is 0 Å². The van der Waals surface area contributed by atoms with E-state index in [1.165, 1.54) is 7.11 Å². The molecule has 19 heavy (non-hydrogen) atoms. The number of carbonyl (C=O) groups is 1. The molecule has 0 aliphatic rings. The summed E-state index contributed by atoms with van der Waals surface area (Å²) in [6, 6.07) is 5.01. The number of methoxy groups -OCH3 is 1. The second-order valence-corrected chi connectivity index (χ2v) is 5.39. The van der Waals surface area contributed by atoms with Crippen molar-refractivity contribution in [2.45, 2.75) is 26.1 Å². The van der Waals surface area contributed by atoms with Crippen molar-refractivity contribution in [2.24, 2.45) is 11.7 Å². The van der Waals surface area contributed by atoms with Gasteiger partial charge in [0.2, 0.25) is 5.79 Å². The van der Waals surface area contributed by atoms with Gasteiger partial charge in [-0.25, -0.2) is 4.79 Å². The van der Waals surface area contributed by atoms with Crippen LogP contribution in [0.2, 0.25) is 10.0 Å². The molecule has 6 heteroatoms. The zero-order valence-corrected chi connectivity index (χ0v) is 12.6. The van der Waals surface area contributed by atoms with E-state index in [-0.39, 0.29) is 5.92 Å². The van der Waals surface area contributed by atoms with E-state index in [4.69, 9.17) is 38.4 Å². The number of nitrogens with two attached hydrogens (primary N) is 1. The van der Waals surface area contributed by atoms with Crippen LogP contribution in [0.3, 0.4) is 0 Å². The van der Waals surface area contributed by atoms with Gasteiger partial charge in [0.1, 0.15) is 0 Å². The van der Waals surface area contributed by atoms with Gasteiger partial charge in [-0.15, -0.1) is 0 Å². The minimum atomic E-state index is -1.38. The maximum atomic E-state index is 11.2. The van der Waals surface area contributed by atoms with Crippen LogP contribution in [0, 0.1) is 5.92 Å². The van der Waals surface area contributed by atoms with Crippen molar-refractivity contribution in [3.8, 4) is 0 Å². The zero-order valence-electron chi connectivity index (χ0n) is 11.1. The summed E-state index contributed by atoms with van der Waals surface area (Å²) in [6.07, 6.45) is -0.561. The maximum absolute atomic E-state index is 11.2. The molecule has 0 spiro atoms. The van der Waals surface area contributed by atoms with Gasteiger partial charge in [-0.05, 0) is 18.1 Å². The number of ether oxygens (including phenoxy) is 2. The van der Waals surface area contributed by atoms with Crippen LogP contribution < -0.4 is 5.73 Å². The Morgan fingerprint density at radius 1 is 1.37 bits per heavy atom. The fourth-order valence-corrected chi connectivity index (χ4v) is 2.67. The van der Waals surface area contributed by atoms with Gasteiger partial charge in [-0.3, -0.25) is 0 Å². The lowest BCUT2D eigenvalue weighted by Crippen LogP contribution is -2.38. The Morgan fingerprint density at radius 3 is 2.26 bits per heavy atom. The molecule has 0 unspecified atom stereocenters. The summed E-state index contributed by atoms with van der Waals surface area (Å²) in [5.74, 6) is -1.21. The second-order valence-electron chi connectivity index (χ2n) is 4.57. The highest BCUT2D eigenvalue weighted by molar-refractivity contribution is 6.36. The summed E-state index contributed by atoms with van der Waals surface area (Å²) in [5, 5.41) is 0.715. The Morgan fingerprint density at radius 2 is 1.89 bits per heavy atom. The smallest absolute Gasteiger partial charge is 0.407 e. The Balaban J connectivity index is 3.40. The number of primary amides is 1. The normalized spacial score (nSPS) is 14.2. The lowest BCUT2D eigenvalue weighted by Gasteiger charge is -2.34. The van der Waals surface area contributed by atoms with E-state index in [9.17, 15) is 4.79 Å². The molecule has 0 radical (unpaired) electrons. The Hall–Kier alpha value is -0.970. The molecule has 4 nitrogen and oxygen atoms in total. The molecule has 0 bridgehead atoms. The molecule has 2 N–H and O–H groups in total. The molecule has 1 aromatic carbocycles. The van der Waals surface area contributed by atoms with Crippen molar-refractivity contribution in [2.75, 3.05) is 7.11 Å². The monoisotopic (exact) mass is 305 g/mol. The van der Waals surface area contributed by atoms with Gasteiger partial charge in [-0.2, -0.15) is 0 Å². The molecular weight excluding hydrogens is 289 g/mol. The number of rotatable bonds is 5. The molecule has 0 fully saturated rings. The highest BCUT2D eigenvalue weighted by Gasteiger charge is 2.40. The largest absolute Gasteiger partial charge is 0.412 e. The van der Waals surface area contributed by atoms with Crippen LogP contribution >= 0.6 is 23.2 Å². The summed E-state index contributed by atoms with van der Waals surface area (Å²) < 4.78 is 10.6. The van der Waals surface area contributed by atoms with Crippen molar-refractivity contribution in [3.05, 3.63) is 33.8 Å². The Bertz CT molecular complexity index is 445. The van der Waals surface area contributed by atoms with Crippen LogP contribution in [0.5, 0.6) is 0 Å². The topological polar surface area (TPSA) is 61.6 Å². The third-order valence-electron chi connectivity index (χ3n) is 2.62. The van der Waals surface area contributed by atoms with Crippen LogP contribution in [0.1, 0.15) is 25.8 Å². The van der Waals surface area contributed by atoms with Crippen molar-refractivity contribution in [1.82, 2.24) is 0 Å². The first-order valence-corrected chi connectivity index (χ1v) is 6.56. The Labute approximate surface area is 122 Å². The molecule has 106 valence electrons. The van der Waals surface area contributed by atoms with Gasteiger partial charge in [0.25, 0.3) is 0 Å². The highest BCUT2D eigenvalue weighted by atomic mass is 35.5. The summed E-state index contributed by atoms with van der Waals surface area (Å²) in [5.41, 5.74) is 5.55. The van der Waals surface area contributed by atoms with Crippen LogP contribution in [0.15, 0.2) is 18.2 Å². The zero-order chi connectivity index (χ0) is 14.6. The van der Waals surface area contributed by atoms with Gasteiger partial charge in [-0.1, -0.05) is 43.1 Å².